The van der Waals surface area contributed by atoms with Gasteiger partial charge in [-0.2, -0.15) is 0 Å². The zero-order chi connectivity index (χ0) is 24.1. The number of benzene rings is 3. The molecule has 5 rings (SSSR count). The lowest BCUT2D eigenvalue weighted by atomic mass is 9.80. The van der Waals surface area contributed by atoms with Gasteiger partial charge in [-0.15, -0.1) is 0 Å². The van der Waals surface area contributed by atoms with Crippen molar-refractivity contribution >= 4 is 29.6 Å². The van der Waals surface area contributed by atoms with E-state index in [1.165, 1.54) is 18.0 Å². The first-order valence-corrected chi connectivity index (χ1v) is 12.5. The third kappa shape index (κ3) is 3.28. The molecule has 0 atom stereocenters. The van der Waals surface area contributed by atoms with E-state index in [1.807, 2.05) is 39.2 Å². The van der Waals surface area contributed by atoms with Crippen molar-refractivity contribution in [2.24, 2.45) is 0 Å². The standard InChI is InChI=1S/C27H26F2N2O2S/c1-14-18(6-8-21-26(14)30-10-12-33-21)22-16(3)23-24-17(5-7-20(28)25(24)29)13-31(34-4)27(23)15(2)19(22)9-11-32/h5-8,11,30H,9-10,12-13H2,1-4H3. The Morgan fingerprint density at radius 1 is 1.06 bits per heavy atom. The molecular formula is C27H26F2N2O2S. The molecule has 0 amide bonds. The van der Waals surface area contributed by atoms with Crippen LogP contribution in [0.3, 0.4) is 0 Å². The summed E-state index contributed by atoms with van der Waals surface area (Å²) in [5.41, 5.74) is 9.04. The van der Waals surface area contributed by atoms with Crippen LogP contribution in [0.2, 0.25) is 0 Å². The van der Waals surface area contributed by atoms with Gasteiger partial charge in [0, 0.05) is 30.3 Å². The van der Waals surface area contributed by atoms with E-state index < -0.39 is 11.6 Å². The van der Waals surface area contributed by atoms with Crippen LogP contribution >= 0.6 is 11.9 Å². The maximum Gasteiger partial charge on any atom is 0.167 e. The van der Waals surface area contributed by atoms with Crippen molar-refractivity contribution in [2.45, 2.75) is 33.7 Å². The lowest BCUT2D eigenvalue weighted by molar-refractivity contribution is -0.107. The van der Waals surface area contributed by atoms with Gasteiger partial charge in [0.15, 0.2) is 11.6 Å². The molecule has 4 nitrogen and oxygen atoms in total. The first kappa shape index (κ1) is 22.7. The highest BCUT2D eigenvalue weighted by Crippen LogP contribution is 2.52. The summed E-state index contributed by atoms with van der Waals surface area (Å²) in [5, 5.41) is 3.42. The van der Waals surface area contributed by atoms with E-state index in [1.54, 1.807) is 6.07 Å². The van der Waals surface area contributed by atoms with Crippen LogP contribution in [-0.4, -0.2) is 25.7 Å². The number of nitrogens with one attached hydrogen (secondary N) is 1. The average Bonchev–Trinajstić information content (AvgIpc) is 2.85. The molecule has 34 heavy (non-hydrogen) atoms. The molecule has 0 saturated carbocycles. The Hall–Kier alpha value is -3.06. The number of aldehydes is 1. The fraction of sp³-hybridized carbons (Fsp3) is 0.296. The largest absolute Gasteiger partial charge is 0.490 e. The maximum absolute atomic E-state index is 15.3. The number of carbonyl (C=O) groups is 1. The van der Waals surface area contributed by atoms with E-state index in [2.05, 4.69) is 9.62 Å². The predicted octanol–water partition coefficient (Wildman–Crippen LogP) is 6.37. The zero-order valence-corrected chi connectivity index (χ0v) is 20.5. The number of halogens is 2. The summed E-state index contributed by atoms with van der Waals surface area (Å²) in [7, 11) is 0. The summed E-state index contributed by atoms with van der Waals surface area (Å²) < 4.78 is 37.6. The van der Waals surface area contributed by atoms with Gasteiger partial charge in [0.25, 0.3) is 0 Å². The second-order valence-electron chi connectivity index (χ2n) is 8.70. The highest BCUT2D eigenvalue weighted by molar-refractivity contribution is 7.99. The van der Waals surface area contributed by atoms with Crippen molar-refractivity contribution in [1.29, 1.82) is 0 Å². The second kappa shape index (κ2) is 8.62. The molecule has 0 saturated heterocycles. The number of nitrogens with zero attached hydrogens (tertiary/aromatic N) is 1. The lowest BCUT2D eigenvalue weighted by Crippen LogP contribution is -2.23. The Morgan fingerprint density at radius 3 is 2.59 bits per heavy atom. The molecule has 0 bridgehead atoms. The maximum atomic E-state index is 15.3. The minimum absolute atomic E-state index is 0.233. The summed E-state index contributed by atoms with van der Waals surface area (Å²) in [6, 6.07) is 6.80. The molecule has 0 radical (unpaired) electrons. The molecule has 2 aliphatic heterocycles. The first-order valence-electron chi connectivity index (χ1n) is 11.3. The summed E-state index contributed by atoms with van der Waals surface area (Å²) in [4.78, 5) is 11.8. The number of hydrogen-bond donors (Lipinski definition) is 1. The number of carbonyl (C=O) groups excluding carboxylic acids is 1. The van der Waals surface area contributed by atoms with Gasteiger partial charge in [0.1, 0.15) is 18.6 Å². The average molecular weight is 481 g/mol. The van der Waals surface area contributed by atoms with Crippen molar-refractivity contribution < 1.29 is 18.3 Å². The predicted molar refractivity (Wildman–Crippen MR) is 135 cm³/mol. The highest BCUT2D eigenvalue weighted by atomic mass is 32.2. The minimum atomic E-state index is -0.857. The summed E-state index contributed by atoms with van der Waals surface area (Å²) >= 11 is 1.54. The van der Waals surface area contributed by atoms with Crippen LogP contribution in [0.1, 0.15) is 27.8 Å². The highest BCUT2D eigenvalue weighted by Gasteiger charge is 2.33. The number of ether oxygens (including phenoxy) is 1. The van der Waals surface area contributed by atoms with Crippen LogP contribution in [-0.2, 0) is 17.8 Å². The van der Waals surface area contributed by atoms with Crippen LogP contribution in [0, 0.1) is 32.4 Å². The number of rotatable bonds is 4. The Kier molecular flexibility index (Phi) is 5.76. The van der Waals surface area contributed by atoms with Gasteiger partial charge in [-0.05, 0) is 71.8 Å². The lowest BCUT2D eigenvalue weighted by Gasteiger charge is -2.36. The normalized spacial score (nSPS) is 14.0. The van der Waals surface area contributed by atoms with Gasteiger partial charge < -0.3 is 19.2 Å². The topological polar surface area (TPSA) is 41.6 Å². The number of hydrogen-bond acceptors (Lipinski definition) is 5. The molecule has 0 aromatic heterocycles. The molecule has 1 N–H and O–H groups in total. The Morgan fingerprint density at radius 2 is 1.85 bits per heavy atom. The molecular weight excluding hydrogens is 454 g/mol. The van der Waals surface area contributed by atoms with Crippen LogP contribution < -0.4 is 14.4 Å². The van der Waals surface area contributed by atoms with Crippen molar-refractivity contribution in [2.75, 3.05) is 29.0 Å². The van der Waals surface area contributed by atoms with Gasteiger partial charge >= 0.3 is 0 Å². The van der Waals surface area contributed by atoms with Crippen LogP contribution in [0.4, 0.5) is 20.2 Å². The van der Waals surface area contributed by atoms with Crippen molar-refractivity contribution in [3.63, 3.8) is 0 Å². The van der Waals surface area contributed by atoms with Crippen molar-refractivity contribution in [1.82, 2.24) is 0 Å². The van der Waals surface area contributed by atoms with Gasteiger partial charge in [-0.25, -0.2) is 8.78 Å². The van der Waals surface area contributed by atoms with E-state index in [4.69, 9.17) is 4.74 Å². The molecule has 2 heterocycles. The molecule has 0 aliphatic carbocycles. The van der Waals surface area contributed by atoms with Gasteiger partial charge in [-0.3, -0.25) is 0 Å². The molecule has 7 heteroatoms. The fourth-order valence-electron chi connectivity index (χ4n) is 5.38. The van der Waals surface area contributed by atoms with Gasteiger partial charge in [-0.1, -0.05) is 24.1 Å². The minimum Gasteiger partial charge on any atom is -0.490 e. The summed E-state index contributed by atoms with van der Waals surface area (Å²) in [6.45, 7) is 7.72. The number of anilines is 2. The van der Waals surface area contributed by atoms with Gasteiger partial charge in [0.2, 0.25) is 0 Å². The smallest absolute Gasteiger partial charge is 0.167 e. The van der Waals surface area contributed by atoms with Crippen molar-refractivity contribution in [3.8, 4) is 28.0 Å². The third-order valence-corrected chi connectivity index (χ3v) is 7.71. The molecule has 0 spiro atoms. The monoisotopic (exact) mass is 480 g/mol. The van der Waals surface area contributed by atoms with Crippen molar-refractivity contribution in [3.05, 3.63) is 63.7 Å². The molecule has 3 aromatic rings. The number of fused-ring (bicyclic) bond motifs is 4. The summed E-state index contributed by atoms with van der Waals surface area (Å²) in [6.07, 6.45) is 3.11. The van der Waals surface area contributed by atoms with Crippen LogP contribution in [0.25, 0.3) is 22.3 Å². The fourth-order valence-corrected chi connectivity index (χ4v) is 6.06. The van der Waals surface area contributed by atoms with E-state index in [0.29, 0.717) is 30.8 Å². The first-order chi connectivity index (χ1) is 16.4. The Balaban J connectivity index is 1.90. The third-order valence-electron chi connectivity index (χ3n) is 6.96. The Labute approximate surface area is 202 Å². The molecule has 176 valence electrons. The molecule has 2 aliphatic rings. The van der Waals surface area contributed by atoms with Crippen LogP contribution in [0.5, 0.6) is 5.75 Å². The van der Waals surface area contributed by atoms with E-state index in [-0.39, 0.29) is 6.42 Å². The molecule has 3 aromatic carbocycles. The van der Waals surface area contributed by atoms with E-state index >= 15 is 4.39 Å². The molecule has 0 fully saturated rings. The van der Waals surface area contributed by atoms with Gasteiger partial charge in [0.05, 0.1) is 17.9 Å². The second-order valence-corrected chi connectivity index (χ2v) is 9.51. The van der Waals surface area contributed by atoms with E-state index in [9.17, 15) is 9.18 Å². The zero-order valence-electron chi connectivity index (χ0n) is 19.6. The Bertz CT molecular complexity index is 1340. The molecule has 0 unspecified atom stereocenters. The SMILES string of the molecule is CSN1Cc2ccc(F)c(F)c2-c2c(C)c(-c3ccc4c(c3C)NCCO4)c(CC=O)c(C)c21. The van der Waals surface area contributed by atoms with E-state index in [0.717, 1.165) is 62.4 Å². The van der Waals surface area contributed by atoms with Crippen LogP contribution in [0.15, 0.2) is 24.3 Å². The quantitative estimate of drug-likeness (QED) is 0.347. The summed E-state index contributed by atoms with van der Waals surface area (Å²) in [5.74, 6) is -0.888.